The average Bonchev–Trinajstić information content (AvgIpc) is 3.31. The molecule has 2 aromatic heterocycles. The van der Waals surface area contributed by atoms with E-state index in [4.69, 9.17) is 4.74 Å². The topological polar surface area (TPSA) is 93.9 Å². The molecule has 0 N–H and O–H groups in total. The summed E-state index contributed by atoms with van der Waals surface area (Å²) in [5, 5.41) is 4.66. The molecule has 3 heterocycles. The molecule has 0 aromatic carbocycles. The van der Waals surface area contributed by atoms with Crippen molar-refractivity contribution in [2.75, 3.05) is 6.54 Å². The van der Waals surface area contributed by atoms with E-state index < -0.39 is 5.92 Å². The van der Waals surface area contributed by atoms with Gasteiger partial charge in [-0.25, -0.2) is 4.98 Å². The molecule has 26 heavy (non-hydrogen) atoms. The van der Waals surface area contributed by atoms with E-state index in [1.54, 1.807) is 6.92 Å². The Balaban J connectivity index is 1.39. The SMILES string of the molecule is Cc1cc(=O)n2nc(COC(=O)[C@H]3CC(=O)N(C4CCCC4)C3)sc2n1. The maximum absolute atomic E-state index is 12.4. The molecule has 138 valence electrons. The van der Waals surface area contributed by atoms with Crippen molar-refractivity contribution in [1.82, 2.24) is 19.5 Å². The molecule has 1 amide bonds. The first-order valence-electron chi connectivity index (χ1n) is 8.84. The van der Waals surface area contributed by atoms with E-state index in [0.717, 1.165) is 25.7 Å². The van der Waals surface area contributed by atoms with Crippen molar-refractivity contribution in [3.05, 3.63) is 27.1 Å². The molecule has 1 atom stereocenters. The lowest BCUT2D eigenvalue weighted by Gasteiger charge is -2.23. The molecule has 1 saturated heterocycles. The summed E-state index contributed by atoms with van der Waals surface area (Å²) in [5.41, 5.74) is 0.369. The lowest BCUT2D eigenvalue weighted by Crippen LogP contribution is -2.35. The van der Waals surface area contributed by atoms with Crippen LogP contribution in [-0.4, -0.2) is 44.0 Å². The van der Waals surface area contributed by atoms with Crippen molar-refractivity contribution in [3.8, 4) is 0 Å². The monoisotopic (exact) mass is 376 g/mol. The number of hydrogen-bond acceptors (Lipinski definition) is 7. The van der Waals surface area contributed by atoms with Gasteiger partial charge in [-0.15, -0.1) is 0 Å². The van der Waals surface area contributed by atoms with Gasteiger partial charge in [0, 0.05) is 30.8 Å². The van der Waals surface area contributed by atoms with Crippen LogP contribution in [0.3, 0.4) is 0 Å². The van der Waals surface area contributed by atoms with Crippen molar-refractivity contribution in [3.63, 3.8) is 0 Å². The summed E-state index contributed by atoms with van der Waals surface area (Å²) in [7, 11) is 0. The molecule has 1 aliphatic heterocycles. The number of fused-ring (bicyclic) bond motifs is 1. The smallest absolute Gasteiger partial charge is 0.311 e. The van der Waals surface area contributed by atoms with E-state index >= 15 is 0 Å². The molecular weight excluding hydrogens is 356 g/mol. The van der Waals surface area contributed by atoms with Crippen molar-refractivity contribution in [1.29, 1.82) is 0 Å². The molecule has 2 aliphatic rings. The fraction of sp³-hybridized carbons (Fsp3) is 0.588. The van der Waals surface area contributed by atoms with Crippen LogP contribution in [0.1, 0.15) is 42.8 Å². The molecule has 0 unspecified atom stereocenters. The third-order valence-corrected chi connectivity index (χ3v) is 5.89. The molecule has 0 spiro atoms. The predicted octanol–water partition coefficient (Wildman–Crippen LogP) is 1.29. The number of amides is 1. The average molecular weight is 376 g/mol. The number of hydrogen-bond donors (Lipinski definition) is 0. The molecule has 0 bridgehead atoms. The summed E-state index contributed by atoms with van der Waals surface area (Å²) in [5.74, 6) is -0.750. The minimum atomic E-state index is -0.416. The summed E-state index contributed by atoms with van der Waals surface area (Å²) >= 11 is 1.22. The lowest BCUT2D eigenvalue weighted by molar-refractivity contribution is -0.149. The Labute approximate surface area is 153 Å². The maximum atomic E-state index is 12.4. The van der Waals surface area contributed by atoms with Gasteiger partial charge in [-0.05, 0) is 19.8 Å². The standard InChI is InChI=1S/C17H20N4O4S/c1-10-6-15(23)21-17(18-10)26-13(19-21)9-25-16(24)11-7-14(22)20(8-11)12-4-2-3-5-12/h6,11-12H,2-5,7-9H2,1H3/t11-/m0/s1. The van der Waals surface area contributed by atoms with Crippen molar-refractivity contribution >= 4 is 28.2 Å². The molecule has 2 fully saturated rings. The number of nitrogens with zero attached hydrogens (tertiary/aromatic N) is 4. The summed E-state index contributed by atoms with van der Waals surface area (Å²) in [6, 6.07) is 1.69. The first kappa shape index (κ1) is 17.1. The van der Waals surface area contributed by atoms with Gasteiger partial charge in [0.2, 0.25) is 10.9 Å². The number of rotatable bonds is 4. The Morgan fingerprint density at radius 1 is 1.35 bits per heavy atom. The summed E-state index contributed by atoms with van der Waals surface area (Å²) in [6.45, 7) is 2.18. The Hall–Kier alpha value is -2.29. The molecule has 8 nitrogen and oxygen atoms in total. The van der Waals surface area contributed by atoms with Crippen LogP contribution in [0.15, 0.2) is 10.9 Å². The van der Waals surface area contributed by atoms with Crippen LogP contribution >= 0.6 is 11.3 Å². The summed E-state index contributed by atoms with van der Waals surface area (Å²) < 4.78 is 6.57. The molecule has 2 aromatic rings. The zero-order valence-electron chi connectivity index (χ0n) is 14.5. The highest BCUT2D eigenvalue weighted by molar-refractivity contribution is 7.16. The third kappa shape index (κ3) is 3.23. The Morgan fingerprint density at radius 2 is 2.12 bits per heavy atom. The van der Waals surface area contributed by atoms with Crippen LogP contribution < -0.4 is 5.56 Å². The Bertz CT molecular complexity index is 915. The molecule has 9 heteroatoms. The Morgan fingerprint density at radius 3 is 2.88 bits per heavy atom. The van der Waals surface area contributed by atoms with Gasteiger partial charge in [-0.2, -0.15) is 9.61 Å². The van der Waals surface area contributed by atoms with E-state index in [-0.39, 0.29) is 36.5 Å². The number of aromatic nitrogens is 3. The van der Waals surface area contributed by atoms with Crippen molar-refractivity contribution < 1.29 is 14.3 Å². The minimum absolute atomic E-state index is 0.0144. The largest absolute Gasteiger partial charge is 0.458 e. The van der Waals surface area contributed by atoms with E-state index in [2.05, 4.69) is 10.1 Å². The fourth-order valence-electron chi connectivity index (χ4n) is 3.73. The second-order valence-electron chi connectivity index (χ2n) is 6.92. The number of ether oxygens (including phenoxy) is 1. The van der Waals surface area contributed by atoms with Crippen LogP contribution in [0.5, 0.6) is 0 Å². The van der Waals surface area contributed by atoms with Crippen molar-refractivity contribution in [2.24, 2.45) is 5.92 Å². The van der Waals surface area contributed by atoms with Gasteiger partial charge < -0.3 is 9.64 Å². The molecular formula is C17H20N4O4S. The molecule has 1 aliphatic carbocycles. The highest BCUT2D eigenvalue weighted by Crippen LogP contribution is 2.30. The molecule has 0 radical (unpaired) electrons. The second kappa shape index (κ2) is 6.79. The highest BCUT2D eigenvalue weighted by atomic mass is 32.1. The number of esters is 1. The zero-order valence-corrected chi connectivity index (χ0v) is 15.3. The first-order valence-corrected chi connectivity index (χ1v) is 9.65. The van der Waals surface area contributed by atoms with E-state index in [0.29, 0.717) is 22.2 Å². The maximum Gasteiger partial charge on any atom is 0.311 e. The van der Waals surface area contributed by atoms with Gasteiger partial charge in [0.25, 0.3) is 5.56 Å². The number of likely N-dealkylation sites (tertiary alicyclic amines) is 1. The molecule has 1 saturated carbocycles. The number of carbonyl (C=O) groups is 2. The van der Waals surface area contributed by atoms with E-state index in [1.807, 2.05) is 4.90 Å². The van der Waals surface area contributed by atoms with Gasteiger partial charge in [0.1, 0.15) is 6.61 Å². The highest BCUT2D eigenvalue weighted by Gasteiger charge is 2.39. The Kier molecular flexibility index (Phi) is 4.47. The van der Waals surface area contributed by atoms with Gasteiger partial charge in [0.15, 0.2) is 5.01 Å². The van der Waals surface area contributed by atoms with Crippen LogP contribution in [-0.2, 0) is 20.9 Å². The quantitative estimate of drug-likeness (QED) is 0.747. The summed E-state index contributed by atoms with van der Waals surface area (Å²) in [6.07, 6.45) is 4.57. The lowest BCUT2D eigenvalue weighted by atomic mass is 10.1. The number of carbonyl (C=O) groups excluding carboxylic acids is 2. The van der Waals surface area contributed by atoms with Gasteiger partial charge in [-0.1, -0.05) is 24.2 Å². The van der Waals surface area contributed by atoms with Crippen LogP contribution in [0.4, 0.5) is 0 Å². The summed E-state index contributed by atoms with van der Waals surface area (Å²) in [4.78, 5) is 43.0. The molecule has 4 rings (SSSR count). The van der Waals surface area contributed by atoms with Crippen LogP contribution in [0.2, 0.25) is 0 Å². The van der Waals surface area contributed by atoms with E-state index in [1.165, 1.54) is 21.9 Å². The first-order chi connectivity index (χ1) is 12.5. The minimum Gasteiger partial charge on any atom is -0.458 e. The fourth-order valence-corrected chi connectivity index (χ4v) is 4.59. The number of aryl methyl sites for hydroxylation is 1. The van der Waals surface area contributed by atoms with Gasteiger partial charge >= 0.3 is 5.97 Å². The van der Waals surface area contributed by atoms with Gasteiger partial charge in [0.05, 0.1) is 5.92 Å². The van der Waals surface area contributed by atoms with Crippen molar-refractivity contribution in [2.45, 2.75) is 51.7 Å². The van der Waals surface area contributed by atoms with E-state index in [9.17, 15) is 14.4 Å². The van der Waals surface area contributed by atoms with Crippen LogP contribution in [0, 0.1) is 12.8 Å². The predicted molar refractivity (Wildman–Crippen MR) is 93.7 cm³/mol. The van der Waals surface area contributed by atoms with Crippen LogP contribution in [0.25, 0.3) is 4.96 Å². The second-order valence-corrected chi connectivity index (χ2v) is 7.96. The normalized spacial score (nSPS) is 21.0. The third-order valence-electron chi connectivity index (χ3n) is 5.01. The zero-order chi connectivity index (χ0) is 18.3. The van der Waals surface area contributed by atoms with Gasteiger partial charge in [-0.3, -0.25) is 14.4 Å².